The van der Waals surface area contributed by atoms with E-state index in [1.165, 1.54) is 11.8 Å². The first kappa shape index (κ1) is 19.9. The fraction of sp³-hybridized carbons (Fsp3) is 0.0417. The minimum Gasteiger partial charge on any atom is -0.280 e. The molecule has 4 nitrogen and oxygen atoms in total. The third-order valence-corrected chi connectivity index (χ3v) is 5.88. The Morgan fingerprint density at radius 3 is 1.83 bits per heavy atom. The standard InChI is InChI=1S/C24H17N3OS2/c25-16-17-30-23-21(18-10-4-1-5-11-18)22(28)26(19-12-6-2-7-13-19)24(29)27(23)20-14-8-3-9-15-20/h1-15H,17H2. The van der Waals surface area contributed by atoms with Gasteiger partial charge in [0.1, 0.15) is 0 Å². The molecule has 1 aromatic heterocycles. The number of aromatic nitrogens is 2. The molecule has 1 heterocycles. The molecule has 0 aliphatic carbocycles. The first-order chi connectivity index (χ1) is 14.7. The fourth-order valence-electron chi connectivity index (χ4n) is 3.29. The van der Waals surface area contributed by atoms with Crippen LogP contribution in [0.5, 0.6) is 0 Å². The highest BCUT2D eigenvalue weighted by molar-refractivity contribution is 7.99. The van der Waals surface area contributed by atoms with Crippen molar-refractivity contribution in [2.75, 3.05) is 5.75 Å². The average molecular weight is 428 g/mol. The molecular weight excluding hydrogens is 410 g/mol. The van der Waals surface area contributed by atoms with Crippen molar-refractivity contribution in [2.45, 2.75) is 5.03 Å². The molecule has 0 bridgehead atoms. The Morgan fingerprint density at radius 1 is 0.800 bits per heavy atom. The van der Waals surface area contributed by atoms with Crippen molar-refractivity contribution in [3.05, 3.63) is 106 Å². The lowest BCUT2D eigenvalue weighted by Gasteiger charge is -2.20. The number of para-hydroxylation sites is 2. The van der Waals surface area contributed by atoms with Gasteiger partial charge in [-0.15, -0.1) is 0 Å². The summed E-state index contributed by atoms with van der Waals surface area (Å²) in [4.78, 5) is 13.7. The second-order valence-electron chi connectivity index (χ2n) is 6.42. The van der Waals surface area contributed by atoms with Gasteiger partial charge in [0.05, 0.1) is 28.1 Å². The minimum atomic E-state index is -0.204. The van der Waals surface area contributed by atoms with Crippen molar-refractivity contribution in [3.63, 3.8) is 0 Å². The van der Waals surface area contributed by atoms with Crippen LogP contribution in [0.25, 0.3) is 22.5 Å². The molecule has 0 fully saturated rings. The lowest BCUT2D eigenvalue weighted by molar-refractivity contribution is 0.780. The van der Waals surface area contributed by atoms with Gasteiger partial charge in [0.25, 0.3) is 5.56 Å². The summed E-state index contributed by atoms with van der Waals surface area (Å²) in [5.41, 5.74) is 2.64. The lowest BCUT2D eigenvalue weighted by Crippen LogP contribution is -2.26. The van der Waals surface area contributed by atoms with Crippen molar-refractivity contribution in [1.82, 2.24) is 9.13 Å². The van der Waals surface area contributed by atoms with Gasteiger partial charge in [-0.1, -0.05) is 78.5 Å². The van der Waals surface area contributed by atoms with E-state index in [-0.39, 0.29) is 11.3 Å². The smallest absolute Gasteiger partial charge is 0.267 e. The zero-order chi connectivity index (χ0) is 20.9. The Labute approximate surface area is 183 Å². The van der Waals surface area contributed by atoms with Crippen LogP contribution in [0.1, 0.15) is 0 Å². The quantitative estimate of drug-likeness (QED) is 0.235. The first-order valence-electron chi connectivity index (χ1n) is 9.30. The maximum Gasteiger partial charge on any atom is 0.267 e. The van der Waals surface area contributed by atoms with E-state index in [9.17, 15) is 10.1 Å². The maximum atomic E-state index is 13.7. The molecule has 3 aromatic carbocycles. The van der Waals surface area contributed by atoms with E-state index in [0.29, 0.717) is 21.0 Å². The minimum absolute atomic E-state index is 0.204. The van der Waals surface area contributed by atoms with Crippen LogP contribution in [0, 0.1) is 16.1 Å². The van der Waals surface area contributed by atoms with Crippen molar-refractivity contribution < 1.29 is 0 Å². The van der Waals surface area contributed by atoms with E-state index in [0.717, 1.165) is 11.3 Å². The Balaban J connectivity index is 2.17. The molecule has 0 saturated heterocycles. The van der Waals surface area contributed by atoms with Gasteiger partial charge in [0.15, 0.2) is 4.77 Å². The molecule has 0 atom stereocenters. The number of nitriles is 1. The third-order valence-electron chi connectivity index (χ3n) is 4.58. The van der Waals surface area contributed by atoms with E-state index >= 15 is 0 Å². The number of hydrogen-bond donors (Lipinski definition) is 0. The molecule has 0 N–H and O–H groups in total. The summed E-state index contributed by atoms with van der Waals surface area (Å²) in [6.45, 7) is 0. The van der Waals surface area contributed by atoms with Gasteiger partial charge in [0.2, 0.25) is 0 Å². The topological polar surface area (TPSA) is 50.7 Å². The number of nitrogens with zero attached hydrogens (tertiary/aromatic N) is 3. The van der Waals surface area contributed by atoms with E-state index in [1.54, 1.807) is 4.57 Å². The summed E-state index contributed by atoms with van der Waals surface area (Å²) in [7, 11) is 0. The van der Waals surface area contributed by atoms with Crippen LogP contribution in [0.4, 0.5) is 0 Å². The molecule has 0 spiro atoms. The predicted molar refractivity (Wildman–Crippen MR) is 124 cm³/mol. The fourth-order valence-corrected chi connectivity index (χ4v) is 4.60. The van der Waals surface area contributed by atoms with Crippen LogP contribution in [-0.4, -0.2) is 14.9 Å². The Bertz CT molecular complexity index is 1250. The van der Waals surface area contributed by atoms with Crippen LogP contribution >= 0.6 is 24.0 Å². The number of hydrogen-bond acceptors (Lipinski definition) is 4. The Morgan fingerprint density at radius 2 is 1.30 bits per heavy atom. The van der Waals surface area contributed by atoms with Crippen molar-refractivity contribution in [3.8, 4) is 28.6 Å². The van der Waals surface area contributed by atoms with Gasteiger partial charge in [-0.05, 0) is 42.0 Å². The molecule has 4 rings (SSSR count). The van der Waals surface area contributed by atoms with E-state index < -0.39 is 0 Å². The van der Waals surface area contributed by atoms with Gasteiger partial charge in [0, 0.05) is 5.69 Å². The van der Waals surface area contributed by atoms with Crippen LogP contribution in [0.15, 0.2) is 101 Å². The summed E-state index contributed by atoms with van der Waals surface area (Å²) in [6, 6.07) is 30.7. The molecule has 0 saturated carbocycles. The highest BCUT2D eigenvalue weighted by atomic mass is 32.2. The van der Waals surface area contributed by atoms with Gasteiger partial charge >= 0.3 is 0 Å². The van der Waals surface area contributed by atoms with E-state index in [2.05, 4.69) is 6.07 Å². The Kier molecular flexibility index (Phi) is 5.94. The van der Waals surface area contributed by atoms with Crippen LogP contribution in [0.3, 0.4) is 0 Å². The average Bonchev–Trinajstić information content (AvgIpc) is 2.79. The summed E-state index contributed by atoms with van der Waals surface area (Å²) < 4.78 is 3.80. The highest BCUT2D eigenvalue weighted by Crippen LogP contribution is 2.32. The molecule has 0 unspecified atom stereocenters. The number of thioether (sulfide) groups is 1. The number of benzene rings is 3. The molecule has 0 aliphatic rings. The van der Waals surface area contributed by atoms with Crippen molar-refractivity contribution in [1.29, 1.82) is 5.26 Å². The molecule has 0 amide bonds. The van der Waals surface area contributed by atoms with Crippen molar-refractivity contribution in [2.24, 2.45) is 0 Å². The monoisotopic (exact) mass is 427 g/mol. The predicted octanol–water partition coefficient (Wildman–Crippen LogP) is 5.64. The molecular formula is C24H17N3OS2. The maximum absolute atomic E-state index is 13.7. The van der Waals surface area contributed by atoms with Gasteiger partial charge < -0.3 is 0 Å². The van der Waals surface area contributed by atoms with E-state index in [1.807, 2.05) is 95.6 Å². The second-order valence-corrected chi connectivity index (χ2v) is 7.75. The molecule has 4 aromatic rings. The van der Waals surface area contributed by atoms with Gasteiger partial charge in [-0.3, -0.25) is 13.9 Å². The summed E-state index contributed by atoms with van der Waals surface area (Å²) in [5.74, 6) is 0.205. The highest BCUT2D eigenvalue weighted by Gasteiger charge is 2.21. The van der Waals surface area contributed by atoms with Crippen LogP contribution in [0.2, 0.25) is 0 Å². The van der Waals surface area contributed by atoms with Gasteiger partial charge in [-0.25, -0.2) is 0 Å². The largest absolute Gasteiger partial charge is 0.280 e. The molecule has 0 radical (unpaired) electrons. The van der Waals surface area contributed by atoms with Crippen LogP contribution < -0.4 is 5.56 Å². The van der Waals surface area contributed by atoms with E-state index in [4.69, 9.17) is 12.2 Å². The SMILES string of the molecule is N#CCSc1c(-c2ccccc2)c(=O)n(-c2ccccc2)c(=S)n1-c1ccccc1. The summed E-state index contributed by atoms with van der Waals surface area (Å²) in [6.07, 6.45) is 0. The first-order valence-corrected chi connectivity index (χ1v) is 10.7. The molecule has 6 heteroatoms. The Hall–Kier alpha value is -3.40. The second kappa shape index (κ2) is 8.95. The molecule has 30 heavy (non-hydrogen) atoms. The lowest BCUT2D eigenvalue weighted by atomic mass is 10.1. The van der Waals surface area contributed by atoms with Crippen LogP contribution in [-0.2, 0) is 0 Å². The zero-order valence-electron chi connectivity index (χ0n) is 15.9. The van der Waals surface area contributed by atoms with Crippen molar-refractivity contribution >= 4 is 24.0 Å². The third kappa shape index (κ3) is 3.73. The normalized spacial score (nSPS) is 10.5. The van der Waals surface area contributed by atoms with Gasteiger partial charge in [-0.2, -0.15) is 5.26 Å². The molecule has 0 aliphatic heterocycles. The summed E-state index contributed by atoms with van der Waals surface area (Å²) in [5, 5.41) is 9.90. The zero-order valence-corrected chi connectivity index (χ0v) is 17.6. The summed E-state index contributed by atoms with van der Waals surface area (Å²) >= 11 is 7.14. The molecule has 146 valence electrons. The number of rotatable bonds is 5.